The maximum atomic E-state index is 13.7. The number of aryl methyl sites for hydroxylation is 1. The Morgan fingerprint density at radius 1 is 1.29 bits per heavy atom. The first-order valence-electron chi connectivity index (χ1n) is 12.5. The third-order valence-electron chi connectivity index (χ3n) is 7.60. The Bertz CT molecular complexity index is 1380. The highest BCUT2D eigenvalue weighted by molar-refractivity contribution is 8.17. The first-order chi connectivity index (χ1) is 18.0. The Morgan fingerprint density at radius 2 is 2.03 bits per heavy atom. The molecule has 0 aliphatic carbocycles. The molecular weight excluding hydrogens is 524 g/mol. The van der Waals surface area contributed by atoms with E-state index in [0.29, 0.717) is 37.1 Å². The van der Waals surface area contributed by atoms with Gasteiger partial charge in [-0.2, -0.15) is 0 Å². The number of amidine groups is 1. The number of aliphatic hydroxyl groups is 1. The fourth-order valence-corrected chi connectivity index (χ4v) is 7.38. The zero-order valence-corrected chi connectivity index (χ0v) is 22.8. The van der Waals surface area contributed by atoms with Crippen molar-refractivity contribution in [2.75, 3.05) is 13.1 Å². The van der Waals surface area contributed by atoms with Gasteiger partial charge >= 0.3 is 0 Å². The van der Waals surface area contributed by atoms with E-state index in [4.69, 9.17) is 12.7 Å². The minimum absolute atomic E-state index is 0.0225. The average molecular weight is 552 g/mol. The van der Waals surface area contributed by atoms with Crippen LogP contribution in [0.25, 0.3) is 10.4 Å². The first-order valence-corrected chi connectivity index (χ1v) is 14.9. The van der Waals surface area contributed by atoms with Crippen LogP contribution in [0.2, 0.25) is 0 Å². The van der Waals surface area contributed by atoms with E-state index in [1.807, 2.05) is 31.2 Å². The second-order valence-electron chi connectivity index (χ2n) is 10.1. The highest BCUT2D eigenvalue weighted by atomic mass is 32.2. The van der Waals surface area contributed by atoms with Crippen molar-refractivity contribution >= 4 is 53.0 Å². The summed E-state index contributed by atoms with van der Waals surface area (Å²) >= 11 is 1.55. The summed E-state index contributed by atoms with van der Waals surface area (Å²) in [6.07, 6.45) is 1.66. The topological polar surface area (TPSA) is 132 Å². The van der Waals surface area contributed by atoms with Crippen molar-refractivity contribution in [2.45, 2.75) is 63.3 Å². The highest BCUT2D eigenvalue weighted by Crippen LogP contribution is 2.35. The van der Waals surface area contributed by atoms with Gasteiger partial charge in [-0.3, -0.25) is 9.59 Å². The Hall–Kier alpha value is -2.54. The van der Waals surface area contributed by atoms with Crippen LogP contribution in [0.3, 0.4) is 0 Å². The Labute approximate surface area is 228 Å². The van der Waals surface area contributed by atoms with Gasteiger partial charge in [0.15, 0.2) is 5.54 Å². The number of nitrogens with one attached hydrogen (secondary N) is 1. The molecule has 2 fully saturated rings. The van der Waals surface area contributed by atoms with Gasteiger partial charge in [0.25, 0.3) is 5.91 Å². The van der Waals surface area contributed by atoms with Crippen LogP contribution < -0.4 is 5.32 Å². The normalized spacial score (nSPS) is 28.3. The molecule has 2 saturated heterocycles. The number of thiazole rings is 1. The molecule has 4 atom stereocenters. The molecule has 3 aliphatic heterocycles. The number of likely N-dealkylation sites (tertiary alicyclic amines) is 1. The van der Waals surface area contributed by atoms with E-state index in [1.54, 1.807) is 23.8 Å². The van der Waals surface area contributed by atoms with Crippen LogP contribution in [0, 0.1) is 6.92 Å². The standard InChI is InChI=1S/C24H28B2N5O5S2/c1-14-20(37-13-27-14)15-6-8-16(9-7-15)24(2)23(34)28-21(29-24)19-11-17(32)12-30(19)22(33)18-5-3-4-10-31(18)38(35,36)26-25/h6-9,13,17-19,32H,3-5,10-12H2,1-2H3,(H,28,29,34). The number of hydrogen-bond donors (Lipinski definition) is 2. The lowest BCUT2D eigenvalue weighted by Gasteiger charge is -2.37. The number of aromatic nitrogens is 1. The Balaban J connectivity index is 1.42. The van der Waals surface area contributed by atoms with Gasteiger partial charge in [-0.1, -0.05) is 30.7 Å². The third kappa shape index (κ3) is 4.72. The van der Waals surface area contributed by atoms with Crippen molar-refractivity contribution in [2.24, 2.45) is 4.99 Å². The van der Waals surface area contributed by atoms with Crippen molar-refractivity contribution in [1.29, 1.82) is 0 Å². The number of nitrogens with zero attached hydrogens (tertiary/aromatic N) is 4. The van der Waals surface area contributed by atoms with Crippen molar-refractivity contribution < 1.29 is 23.1 Å². The lowest BCUT2D eigenvalue weighted by Crippen LogP contribution is -2.56. The Morgan fingerprint density at radius 3 is 2.68 bits per heavy atom. The lowest BCUT2D eigenvalue weighted by molar-refractivity contribution is -0.136. The van der Waals surface area contributed by atoms with Gasteiger partial charge in [0, 0.05) is 27.2 Å². The molecule has 14 heteroatoms. The predicted molar refractivity (Wildman–Crippen MR) is 146 cm³/mol. The van der Waals surface area contributed by atoms with E-state index in [0.717, 1.165) is 20.4 Å². The van der Waals surface area contributed by atoms with Gasteiger partial charge < -0.3 is 15.3 Å². The number of carbonyl (C=O) groups is 2. The largest absolute Gasteiger partial charge is 0.391 e. The molecule has 0 spiro atoms. The summed E-state index contributed by atoms with van der Waals surface area (Å²) in [4.78, 5) is 38.4. The van der Waals surface area contributed by atoms with Crippen molar-refractivity contribution in [3.05, 3.63) is 41.0 Å². The number of carbonyl (C=O) groups excluding carboxylic acids is 2. The molecule has 3 radical (unpaired) electrons. The van der Waals surface area contributed by atoms with Crippen LogP contribution in [0.5, 0.6) is 0 Å². The lowest BCUT2D eigenvalue weighted by atomic mass is 9.79. The highest BCUT2D eigenvalue weighted by Gasteiger charge is 2.48. The zero-order chi connectivity index (χ0) is 27.2. The average Bonchev–Trinajstić information content (AvgIpc) is 3.60. The summed E-state index contributed by atoms with van der Waals surface area (Å²) in [7, 11) is 1.45. The van der Waals surface area contributed by atoms with Crippen LogP contribution in [-0.4, -0.2) is 90.8 Å². The number of benzene rings is 1. The second kappa shape index (κ2) is 10.2. The second-order valence-corrected chi connectivity index (χ2v) is 12.7. The molecule has 1 aromatic heterocycles. The molecule has 3 aliphatic rings. The van der Waals surface area contributed by atoms with Crippen LogP contribution in [0.15, 0.2) is 34.8 Å². The van der Waals surface area contributed by atoms with Crippen LogP contribution in [0.4, 0.5) is 0 Å². The minimum Gasteiger partial charge on any atom is -0.391 e. The number of aliphatic hydroxyl groups excluding tert-OH is 1. The molecule has 4 unspecified atom stereocenters. The quantitative estimate of drug-likeness (QED) is 0.508. The van der Waals surface area contributed by atoms with Gasteiger partial charge in [0.05, 0.1) is 28.2 Å². The summed E-state index contributed by atoms with van der Waals surface area (Å²) in [6.45, 7) is 3.88. The van der Waals surface area contributed by atoms with Crippen molar-refractivity contribution in [3.8, 4) is 10.4 Å². The minimum atomic E-state index is -3.91. The third-order valence-corrected chi connectivity index (χ3v) is 10.0. The van der Waals surface area contributed by atoms with Gasteiger partial charge in [0.2, 0.25) is 12.4 Å². The molecule has 0 saturated carbocycles. The molecule has 4 heterocycles. The van der Waals surface area contributed by atoms with E-state index in [2.05, 4.69) is 10.3 Å². The van der Waals surface area contributed by atoms with E-state index >= 15 is 0 Å². The molecule has 1 aromatic carbocycles. The number of aliphatic imine (C=N–C) groups is 1. The van der Waals surface area contributed by atoms with Gasteiger partial charge in [-0.15, -0.1) is 11.3 Å². The van der Waals surface area contributed by atoms with E-state index in [9.17, 15) is 23.1 Å². The molecule has 0 bridgehead atoms. The zero-order valence-electron chi connectivity index (χ0n) is 21.2. The summed E-state index contributed by atoms with van der Waals surface area (Å²) in [6, 6.07) is 5.99. The molecule has 5 rings (SSSR count). The molecule has 38 heavy (non-hydrogen) atoms. The number of hydrogen-bond acceptors (Lipinski definition) is 8. The smallest absolute Gasteiger partial charge is 0.257 e. The van der Waals surface area contributed by atoms with Crippen LogP contribution >= 0.6 is 11.3 Å². The summed E-state index contributed by atoms with van der Waals surface area (Å²) in [5.74, 6) is -0.463. The molecule has 10 nitrogen and oxygen atoms in total. The fourth-order valence-electron chi connectivity index (χ4n) is 5.48. The SMILES string of the molecule is [B][B]S(=O)(=O)N1CCCCC1C(=O)N1CC(O)CC1C1=NC(C)(c2ccc(-c3scnc3C)cc2)C(=O)N1. The van der Waals surface area contributed by atoms with Crippen molar-refractivity contribution in [3.63, 3.8) is 0 Å². The number of piperidine rings is 1. The predicted octanol–water partition coefficient (Wildman–Crippen LogP) is 0.711. The van der Waals surface area contributed by atoms with Gasteiger partial charge in [-0.05, 0) is 37.8 Å². The summed E-state index contributed by atoms with van der Waals surface area (Å²) in [5, 5.41) is 13.3. The maximum Gasteiger partial charge on any atom is 0.257 e. The maximum absolute atomic E-state index is 13.7. The fraction of sp³-hybridized carbons (Fsp3) is 0.500. The number of amides is 2. The van der Waals surface area contributed by atoms with E-state index in [1.165, 1.54) is 4.90 Å². The number of β-amino-alcohol motifs (C(OH)–C–C–N with tert-alkyl or cyclic N) is 1. The molecule has 2 N–H and O–H groups in total. The van der Waals surface area contributed by atoms with E-state index < -0.39 is 39.5 Å². The molecular formula is C24H28B2N5O5S2. The molecule has 2 aromatic rings. The molecule has 197 valence electrons. The van der Waals surface area contributed by atoms with Crippen molar-refractivity contribution in [1.82, 2.24) is 19.5 Å². The summed E-state index contributed by atoms with van der Waals surface area (Å²) < 4.78 is 26.2. The van der Waals surface area contributed by atoms with Crippen LogP contribution in [-0.2, 0) is 25.0 Å². The summed E-state index contributed by atoms with van der Waals surface area (Å²) in [5.41, 5.74) is 3.20. The number of rotatable bonds is 6. The molecule has 2 amide bonds. The van der Waals surface area contributed by atoms with Gasteiger partial charge in [-0.25, -0.2) is 22.7 Å². The Kier molecular flexibility index (Phi) is 7.27. The van der Waals surface area contributed by atoms with Gasteiger partial charge in [0.1, 0.15) is 21.8 Å². The first kappa shape index (κ1) is 27.0. The van der Waals surface area contributed by atoms with Crippen LogP contribution in [0.1, 0.15) is 43.9 Å². The van der Waals surface area contributed by atoms with E-state index in [-0.39, 0.29) is 25.4 Å². The monoisotopic (exact) mass is 552 g/mol.